The van der Waals surface area contributed by atoms with E-state index in [2.05, 4.69) is 5.32 Å². The molecule has 2 saturated heterocycles. The summed E-state index contributed by atoms with van der Waals surface area (Å²) in [5.74, 6) is -2.34. The number of ether oxygens (including phenoxy) is 1. The number of halogens is 1. The fourth-order valence-electron chi connectivity index (χ4n) is 3.43. The molecule has 168 valence electrons. The number of hydrogen-bond donors (Lipinski definition) is 2. The van der Waals surface area contributed by atoms with E-state index in [1.165, 1.54) is 22.8 Å². The predicted octanol–water partition coefficient (Wildman–Crippen LogP) is -0.0721. The third-order valence-electron chi connectivity index (χ3n) is 5.00. The fourth-order valence-corrected chi connectivity index (χ4v) is 3.43. The van der Waals surface area contributed by atoms with Crippen molar-refractivity contribution in [2.24, 2.45) is 0 Å². The van der Waals surface area contributed by atoms with Crippen molar-refractivity contribution >= 4 is 64.8 Å². The molecule has 1 atom stereocenters. The summed E-state index contributed by atoms with van der Waals surface area (Å²) in [5, 5.41) is 11.2. The van der Waals surface area contributed by atoms with E-state index < -0.39 is 29.9 Å². The molecule has 2 heterocycles. The number of carboxylic acids is 1. The van der Waals surface area contributed by atoms with Gasteiger partial charge in [-0.05, 0) is 18.2 Å². The van der Waals surface area contributed by atoms with Crippen LogP contribution in [0.2, 0.25) is 0 Å². The summed E-state index contributed by atoms with van der Waals surface area (Å²) in [6.07, 6.45) is 0.669. The molecule has 0 saturated carbocycles. The third-order valence-corrected chi connectivity index (χ3v) is 5.00. The van der Waals surface area contributed by atoms with Crippen LogP contribution in [0.15, 0.2) is 30.4 Å². The Morgan fingerprint density at radius 3 is 2.50 bits per heavy atom. The Labute approximate surface area is 206 Å². The number of piperazine rings is 1. The summed E-state index contributed by atoms with van der Waals surface area (Å²) < 4.78 is 20.0. The van der Waals surface area contributed by atoms with Gasteiger partial charge in [-0.2, -0.15) is 0 Å². The molecule has 2 aliphatic heterocycles. The van der Waals surface area contributed by atoms with E-state index in [0.717, 1.165) is 12.2 Å². The average Bonchev–Trinajstić information content (AvgIpc) is 3.11. The first-order chi connectivity index (χ1) is 14.7. The molecular weight excluding hydrogens is 434 g/mol. The Hall–Kier alpha value is -2.63. The van der Waals surface area contributed by atoms with Crippen molar-refractivity contribution in [1.82, 2.24) is 10.2 Å². The molecule has 0 radical (unpaired) electrons. The zero-order chi connectivity index (χ0) is 22.5. The second-order valence-electron chi connectivity index (χ2n) is 7.17. The van der Waals surface area contributed by atoms with Gasteiger partial charge in [0, 0.05) is 45.3 Å². The molecule has 2 fully saturated rings. The number of nitrogens with one attached hydrogen (secondary N) is 1. The summed E-state index contributed by atoms with van der Waals surface area (Å²) in [4.78, 5) is 50.2. The van der Waals surface area contributed by atoms with Crippen molar-refractivity contribution in [2.45, 2.75) is 13.0 Å². The van der Waals surface area contributed by atoms with E-state index in [1.54, 1.807) is 17.0 Å². The number of carbonyl (C=O) groups is 4. The van der Waals surface area contributed by atoms with E-state index >= 15 is 0 Å². The van der Waals surface area contributed by atoms with Crippen molar-refractivity contribution in [3.8, 4) is 0 Å². The number of carbonyl (C=O) groups excluding carboxylic acids is 3. The van der Waals surface area contributed by atoms with Crippen molar-refractivity contribution in [2.75, 3.05) is 49.1 Å². The van der Waals surface area contributed by atoms with Crippen LogP contribution in [0, 0.1) is 5.82 Å². The summed E-state index contributed by atoms with van der Waals surface area (Å²) in [6, 6.07) is 4.44. The first-order valence-corrected chi connectivity index (χ1v) is 9.71. The van der Waals surface area contributed by atoms with Gasteiger partial charge in [0.15, 0.2) is 0 Å². The van der Waals surface area contributed by atoms with Gasteiger partial charge in [0.1, 0.15) is 11.9 Å². The number of hydrogen-bond acceptors (Lipinski definition) is 6. The van der Waals surface area contributed by atoms with Gasteiger partial charge in [0.25, 0.3) is 0 Å². The molecule has 2 aliphatic rings. The van der Waals surface area contributed by atoms with Gasteiger partial charge >= 0.3 is 41.6 Å². The molecule has 2 N–H and O–H groups in total. The standard InChI is InChI=1S/C20H23FN4O6.Na.H/c1-13(26)22-11-15-12-25(20(30)31-15)14-2-3-17(16(21)10-14)23-6-8-24(9-7-23)18(27)4-5-19(28)29;;/h2-5,10,15H,6-9,11-12H2,1H3,(H,22,26)(H,28,29);;/b5-4+;;/t15-;;/m0../s1. The average molecular weight is 458 g/mol. The molecule has 0 unspecified atom stereocenters. The van der Waals surface area contributed by atoms with E-state index in [-0.39, 0.29) is 48.6 Å². The van der Waals surface area contributed by atoms with E-state index in [1.807, 2.05) is 0 Å². The Morgan fingerprint density at radius 1 is 1.22 bits per heavy atom. The molecule has 10 nitrogen and oxygen atoms in total. The first kappa shape index (κ1) is 25.6. The Kier molecular flexibility index (Phi) is 9.05. The molecule has 3 rings (SSSR count). The fraction of sp³-hybridized carbons (Fsp3) is 0.400. The molecular formula is C20H24FN4NaO6. The quantitative estimate of drug-likeness (QED) is 0.452. The molecule has 0 aliphatic carbocycles. The van der Waals surface area contributed by atoms with Crippen LogP contribution < -0.4 is 15.1 Å². The minimum atomic E-state index is -1.20. The van der Waals surface area contributed by atoms with Crippen LogP contribution in [-0.4, -0.2) is 109 Å². The van der Waals surface area contributed by atoms with Gasteiger partial charge in [0.2, 0.25) is 11.8 Å². The van der Waals surface area contributed by atoms with Crippen molar-refractivity contribution in [3.05, 3.63) is 36.2 Å². The zero-order valence-electron chi connectivity index (χ0n) is 16.9. The summed E-state index contributed by atoms with van der Waals surface area (Å²) in [5.41, 5.74) is 0.698. The Balaban J connectivity index is 0.00000363. The maximum atomic E-state index is 14.8. The SMILES string of the molecule is CC(=O)NC[C@H]1CN(c2ccc(N3CCN(C(=O)/C=C/C(=O)O)CC3)c(F)c2)C(=O)O1.[NaH]. The summed E-state index contributed by atoms with van der Waals surface area (Å²) in [6.45, 7) is 3.16. The monoisotopic (exact) mass is 458 g/mol. The van der Waals surface area contributed by atoms with Crippen LogP contribution in [0.3, 0.4) is 0 Å². The van der Waals surface area contributed by atoms with Crippen LogP contribution in [-0.2, 0) is 19.1 Å². The summed E-state index contributed by atoms with van der Waals surface area (Å²) >= 11 is 0. The number of cyclic esters (lactones) is 1. The van der Waals surface area contributed by atoms with Gasteiger partial charge in [-0.15, -0.1) is 0 Å². The van der Waals surface area contributed by atoms with Crippen LogP contribution in [0.5, 0.6) is 0 Å². The van der Waals surface area contributed by atoms with Gasteiger partial charge in [0.05, 0.1) is 24.5 Å². The van der Waals surface area contributed by atoms with Crippen molar-refractivity contribution in [1.29, 1.82) is 0 Å². The molecule has 12 heteroatoms. The first-order valence-electron chi connectivity index (χ1n) is 9.71. The van der Waals surface area contributed by atoms with Crippen molar-refractivity contribution < 1.29 is 33.4 Å². The molecule has 0 aromatic heterocycles. The van der Waals surface area contributed by atoms with Crippen LogP contribution in [0.4, 0.5) is 20.6 Å². The van der Waals surface area contributed by atoms with Crippen LogP contribution in [0.25, 0.3) is 0 Å². The number of anilines is 2. The normalized spacial score (nSPS) is 18.4. The zero-order valence-corrected chi connectivity index (χ0v) is 16.9. The van der Waals surface area contributed by atoms with Gasteiger partial charge < -0.3 is 25.0 Å². The number of carboxylic acid groups (broad SMARTS) is 1. The number of aliphatic carboxylic acids is 1. The Bertz CT molecular complexity index is 919. The van der Waals surface area contributed by atoms with Crippen molar-refractivity contribution in [3.63, 3.8) is 0 Å². The van der Waals surface area contributed by atoms with Crippen LogP contribution >= 0.6 is 0 Å². The molecule has 0 bridgehead atoms. The predicted molar refractivity (Wildman–Crippen MR) is 115 cm³/mol. The van der Waals surface area contributed by atoms with Gasteiger partial charge in [-0.3, -0.25) is 14.5 Å². The van der Waals surface area contributed by atoms with Gasteiger partial charge in [-0.25, -0.2) is 14.0 Å². The summed E-state index contributed by atoms with van der Waals surface area (Å²) in [7, 11) is 0. The van der Waals surface area contributed by atoms with Crippen LogP contribution in [0.1, 0.15) is 6.92 Å². The number of amides is 3. The van der Waals surface area contributed by atoms with Gasteiger partial charge in [-0.1, -0.05) is 0 Å². The molecule has 3 amide bonds. The molecule has 32 heavy (non-hydrogen) atoms. The van der Waals surface area contributed by atoms with E-state index in [4.69, 9.17) is 9.84 Å². The second-order valence-corrected chi connectivity index (χ2v) is 7.17. The van der Waals surface area contributed by atoms with E-state index in [9.17, 15) is 23.6 Å². The van der Waals surface area contributed by atoms with E-state index in [0.29, 0.717) is 37.6 Å². The second kappa shape index (κ2) is 11.3. The molecule has 0 spiro atoms. The number of rotatable bonds is 6. The topological polar surface area (TPSA) is 119 Å². The molecule has 1 aromatic carbocycles. The third kappa shape index (κ3) is 6.44. The number of benzene rings is 1. The minimum absolute atomic E-state index is 0. The Morgan fingerprint density at radius 2 is 1.91 bits per heavy atom. The maximum absolute atomic E-state index is 14.8. The molecule has 1 aromatic rings. The number of nitrogens with zero attached hydrogens (tertiary/aromatic N) is 3.